The number of hydrogen-bond donors (Lipinski definition) is 0. The predicted molar refractivity (Wildman–Crippen MR) is 128 cm³/mol. The van der Waals surface area contributed by atoms with Gasteiger partial charge in [-0.1, -0.05) is 6.07 Å². The Morgan fingerprint density at radius 2 is 1.68 bits per heavy atom. The van der Waals surface area contributed by atoms with Crippen molar-refractivity contribution in [2.45, 2.75) is 32.0 Å². The van der Waals surface area contributed by atoms with Crippen LogP contribution in [0.25, 0.3) is 0 Å². The van der Waals surface area contributed by atoms with Crippen LogP contribution in [0.3, 0.4) is 0 Å². The minimum absolute atomic E-state index is 0.300. The Labute approximate surface area is 200 Å². The maximum atomic E-state index is 5.88. The molecule has 0 saturated heterocycles. The lowest BCUT2D eigenvalue weighted by atomic mass is 9.80. The first-order valence-corrected chi connectivity index (χ1v) is 11.8. The molecule has 0 radical (unpaired) electrons. The van der Waals surface area contributed by atoms with Crippen LogP contribution < -0.4 is 23.7 Å². The summed E-state index contributed by atoms with van der Waals surface area (Å²) < 4.78 is 29.3. The van der Waals surface area contributed by atoms with Crippen molar-refractivity contribution in [3.05, 3.63) is 76.3 Å². The number of ether oxygens (including phenoxy) is 5. The Kier molecular flexibility index (Phi) is 5.06. The van der Waals surface area contributed by atoms with E-state index >= 15 is 0 Å². The summed E-state index contributed by atoms with van der Waals surface area (Å²) in [4.78, 5) is 0. The molecule has 0 aromatic heterocycles. The van der Waals surface area contributed by atoms with E-state index in [2.05, 4.69) is 42.5 Å². The van der Waals surface area contributed by atoms with Crippen molar-refractivity contribution in [1.29, 1.82) is 0 Å². The molecule has 3 aliphatic rings. The fraction of sp³-hybridized carbons (Fsp3) is 0.357. The summed E-state index contributed by atoms with van der Waals surface area (Å²) in [6, 6.07) is 17.5. The van der Waals surface area contributed by atoms with Gasteiger partial charge in [0.2, 0.25) is 6.79 Å². The van der Waals surface area contributed by atoms with Gasteiger partial charge >= 0.3 is 0 Å². The van der Waals surface area contributed by atoms with E-state index in [0.29, 0.717) is 12.8 Å². The highest BCUT2D eigenvalue weighted by molar-refractivity contribution is 5.54. The van der Waals surface area contributed by atoms with E-state index in [1.54, 1.807) is 21.3 Å². The van der Waals surface area contributed by atoms with Crippen molar-refractivity contribution in [1.82, 2.24) is 0 Å². The molecule has 3 heterocycles. The van der Waals surface area contributed by atoms with E-state index in [-0.39, 0.29) is 0 Å². The molecular weight excluding hydrogens is 430 g/mol. The Balaban J connectivity index is 1.48. The third-order valence-corrected chi connectivity index (χ3v) is 7.77. The summed E-state index contributed by atoms with van der Waals surface area (Å²) >= 11 is 0. The molecule has 3 aliphatic heterocycles. The molecule has 0 saturated carbocycles. The monoisotopic (exact) mass is 460 g/mol. The van der Waals surface area contributed by atoms with Crippen LogP contribution in [-0.4, -0.2) is 39.2 Å². The van der Waals surface area contributed by atoms with Crippen molar-refractivity contribution in [2.75, 3.05) is 34.7 Å². The highest BCUT2D eigenvalue weighted by Gasteiger charge is 2.47. The fourth-order valence-electron chi connectivity index (χ4n) is 6.07. The van der Waals surface area contributed by atoms with Gasteiger partial charge in [-0.2, -0.15) is 0 Å². The molecule has 0 N–H and O–H groups in total. The van der Waals surface area contributed by atoms with E-state index in [1.165, 1.54) is 27.8 Å². The van der Waals surface area contributed by atoms with Crippen LogP contribution in [0.1, 0.15) is 33.9 Å². The average molecular weight is 461 g/mol. The number of nitrogens with zero attached hydrogens (tertiary/aromatic N) is 1. The average Bonchev–Trinajstić information content (AvgIpc) is 3.33. The molecule has 0 aliphatic carbocycles. The van der Waals surface area contributed by atoms with E-state index < -0.39 is 0 Å². The third-order valence-electron chi connectivity index (χ3n) is 7.77. The molecule has 34 heavy (non-hydrogen) atoms. The number of fused-ring (bicyclic) bond motifs is 5. The summed E-state index contributed by atoms with van der Waals surface area (Å²) in [6.45, 7) is 3.17. The van der Waals surface area contributed by atoms with Gasteiger partial charge in [0, 0.05) is 24.0 Å². The second-order valence-electron chi connectivity index (χ2n) is 9.42. The van der Waals surface area contributed by atoms with Crippen LogP contribution in [0.2, 0.25) is 0 Å². The van der Waals surface area contributed by atoms with E-state index in [4.69, 9.17) is 23.7 Å². The van der Waals surface area contributed by atoms with Crippen LogP contribution in [-0.2, 0) is 25.9 Å². The summed E-state index contributed by atoms with van der Waals surface area (Å²) in [7, 11) is 5.15. The smallest absolute Gasteiger partial charge is 0.231 e. The number of benzene rings is 3. The molecule has 6 rings (SSSR count). The SMILES string of the molecule is COc1ccc(C[N@+]23CCc4cc5c(cc4[C@@H]2Cc2ccc(OC)c(OC)c2C3)OCO5)cc1. The zero-order valence-corrected chi connectivity index (χ0v) is 19.9. The van der Waals surface area contributed by atoms with Crippen LogP contribution in [0.15, 0.2) is 48.5 Å². The molecule has 0 fully saturated rings. The van der Waals surface area contributed by atoms with Gasteiger partial charge in [-0.15, -0.1) is 0 Å². The lowest BCUT2D eigenvalue weighted by Crippen LogP contribution is -2.55. The van der Waals surface area contributed by atoms with Gasteiger partial charge in [-0.25, -0.2) is 0 Å². The normalized spacial score (nSPS) is 21.8. The Morgan fingerprint density at radius 3 is 2.41 bits per heavy atom. The Bertz CT molecular complexity index is 1240. The first kappa shape index (κ1) is 21.2. The molecule has 6 nitrogen and oxygen atoms in total. The first-order valence-electron chi connectivity index (χ1n) is 11.8. The van der Waals surface area contributed by atoms with E-state index in [1.807, 2.05) is 6.07 Å². The number of methoxy groups -OCH3 is 3. The number of hydrogen-bond acceptors (Lipinski definition) is 5. The maximum Gasteiger partial charge on any atom is 0.231 e. The van der Waals surface area contributed by atoms with Crippen LogP contribution in [0.4, 0.5) is 0 Å². The maximum absolute atomic E-state index is 5.88. The molecule has 3 aromatic carbocycles. The van der Waals surface area contributed by atoms with Gasteiger partial charge in [0.25, 0.3) is 0 Å². The lowest BCUT2D eigenvalue weighted by Gasteiger charge is -2.51. The standard InChI is InChI=1S/C28H30NO5/c1-30-21-7-4-18(5-8-21)15-29-11-10-20-13-26-27(34-17-33-26)14-22(20)24(29)12-19-6-9-25(31-2)28(32-3)23(19)16-29/h4-9,13-14,24H,10-12,15-17H2,1-3H3/q+1/t24-,29-/m0/s1. The minimum Gasteiger partial charge on any atom is -0.497 e. The highest BCUT2D eigenvalue weighted by atomic mass is 16.7. The Hall–Kier alpha value is -3.38. The topological polar surface area (TPSA) is 46.2 Å². The number of rotatable bonds is 5. The summed E-state index contributed by atoms with van der Waals surface area (Å²) in [5, 5.41) is 0. The molecule has 0 spiro atoms. The zero-order valence-electron chi connectivity index (χ0n) is 19.9. The third kappa shape index (κ3) is 3.28. The molecular formula is C28H30NO5+. The molecule has 0 amide bonds. The highest BCUT2D eigenvalue weighted by Crippen LogP contribution is 2.51. The summed E-state index contributed by atoms with van der Waals surface area (Å²) in [6.07, 6.45) is 1.94. The lowest BCUT2D eigenvalue weighted by molar-refractivity contribution is -0.985. The van der Waals surface area contributed by atoms with Crippen molar-refractivity contribution >= 4 is 0 Å². The van der Waals surface area contributed by atoms with E-state index in [9.17, 15) is 0 Å². The molecule has 3 aromatic rings. The van der Waals surface area contributed by atoms with Crippen LogP contribution >= 0.6 is 0 Å². The molecule has 6 heteroatoms. The minimum atomic E-state index is 0.300. The van der Waals surface area contributed by atoms with Gasteiger partial charge in [-0.3, -0.25) is 0 Å². The fourth-order valence-corrected chi connectivity index (χ4v) is 6.07. The largest absolute Gasteiger partial charge is 0.497 e. The molecule has 2 atom stereocenters. The quantitative estimate of drug-likeness (QED) is 0.512. The predicted octanol–water partition coefficient (Wildman–Crippen LogP) is 4.81. The van der Waals surface area contributed by atoms with Gasteiger partial charge in [0.1, 0.15) is 24.9 Å². The van der Waals surface area contributed by atoms with Gasteiger partial charge in [0.15, 0.2) is 23.0 Å². The van der Waals surface area contributed by atoms with Gasteiger partial charge < -0.3 is 28.2 Å². The molecule has 0 bridgehead atoms. The van der Waals surface area contributed by atoms with Crippen molar-refractivity contribution in [2.24, 2.45) is 0 Å². The van der Waals surface area contributed by atoms with Crippen molar-refractivity contribution in [3.8, 4) is 28.7 Å². The van der Waals surface area contributed by atoms with Crippen LogP contribution in [0.5, 0.6) is 28.7 Å². The van der Waals surface area contributed by atoms with Crippen molar-refractivity contribution in [3.63, 3.8) is 0 Å². The number of quaternary nitrogens is 1. The van der Waals surface area contributed by atoms with Crippen molar-refractivity contribution < 1.29 is 28.2 Å². The first-order chi connectivity index (χ1) is 16.6. The molecule has 0 unspecified atom stereocenters. The van der Waals surface area contributed by atoms with Crippen LogP contribution in [0, 0.1) is 0 Å². The van der Waals surface area contributed by atoms with Gasteiger partial charge in [0.05, 0.1) is 33.4 Å². The zero-order chi connectivity index (χ0) is 23.3. The summed E-state index contributed by atoms with van der Waals surface area (Å²) in [5.41, 5.74) is 6.65. The second-order valence-corrected chi connectivity index (χ2v) is 9.42. The second kappa shape index (κ2) is 8.13. The van der Waals surface area contributed by atoms with Gasteiger partial charge in [-0.05, 0) is 53.6 Å². The Morgan fingerprint density at radius 1 is 0.882 bits per heavy atom. The summed E-state index contributed by atoms with van der Waals surface area (Å²) in [5.74, 6) is 4.27. The molecule has 176 valence electrons. The van der Waals surface area contributed by atoms with E-state index in [0.717, 1.165) is 65.7 Å².